The first-order valence-electron chi connectivity index (χ1n) is 11.6. The van der Waals surface area contributed by atoms with E-state index >= 15 is 0 Å². The molecule has 1 aromatic rings. The summed E-state index contributed by atoms with van der Waals surface area (Å²) in [7, 11) is 1.45. The van der Waals surface area contributed by atoms with Crippen LogP contribution in [0, 0.1) is 30.6 Å². The quantitative estimate of drug-likeness (QED) is 0.252. The minimum absolute atomic E-state index is 0.162. The molecule has 3 rings (SSSR count). The molecule has 0 N–H and O–H groups in total. The van der Waals surface area contributed by atoms with Crippen LogP contribution in [0.2, 0.25) is 0 Å². The van der Waals surface area contributed by atoms with Crippen LogP contribution in [0.15, 0.2) is 17.7 Å². The summed E-state index contributed by atoms with van der Waals surface area (Å²) in [6, 6.07) is 1.64. The highest BCUT2D eigenvalue weighted by atomic mass is 19.1. The van der Waals surface area contributed by atoms with Crippen molar-refractivity contribution < 1.29 is 13.9 Å². The number of allylic oxidation sites excluding steroid dienone is 1. The first kappa shape index (κ1) is 22.1. The van der Waals surface area contributed by atoms with E-state index in [0.717, 1.165) is 29.7 Å². The van der Waals surface area contributed by atoms with E-state index in [-0.39, 0.29) is 5.75 Å². The lowest BCUT2D eigenvalue weighted by Gasteiger charge is -2.35. The van der Waals surface area contributed by atoms with Gasteiger partial charge in [0.15, 0.2) is 5.75 Å². The van der Waals surface area contributed by atoms with Crippen molar-refractivity contribution in [1.29, 1.82) is 0 Å². The van der Waals surface area contributed by atoms with Gasteiger partial charge in [-0.1, -0.05) is 51.5 Å². The van der Waals surface area contributed by atoms with Gasteiger partial charge in [0.05, 0.1) is 7.11 Å². The Morgan fingerprint density at radius 2 is 1.90 bits per heavy atom. The number of rotatable bonds is 9. The highest BCUT2D eigenvalue weighted by Crippen LogP contribution is 2.40. The number of halogens is 1. The van der Waals surface area contributed by atoms with Gasteiger partial charge in [-0.05, 0) is 68.4 Å². The first-order valence-corrected chi connectivity index (χ1v) is 11.6. The number of unbranched alkanes of at least 4 members (excludes halogenated alkanes) is 2. The van der Waals surface area contributed by atoms with Crippen LogP contribution in [0.25, 0.3) is 0 Å². The lowest BCUT2D eigenvalue weighted by atomic mass is 9.70. The van der Waals surface area contributed by atoms with Crippen molar-refractivity contribution in [3.05, 3.63) is 29.2 Å². The lowest BCUT2D eigenvalue weighted by molar-refractivity contribution is 0.183. The second kappa shape index (κ2) is 11.0. The Balaban J connectivity index is 1.43. The zero-order valence-corrected chi connectivity index (χ0v) is 18.5. The Bertz CT molecular complexity index is 680. The average molecular weight is 404 g/mol. The zero-order chi connectivity index (χ0) is 20.6. The van der Waals surface area contributed by atoms with Crippen molar-refractivity contribution in [2.24, 2.45) is 17.8 Å². The van der Waals surface area contributed by atoms with E-state index in [4.69, 9.17) is 9.47 Å². The Labute approximate surface area is 176 Å². The minimum Gasteiger partial charge on any atom is -0.492 e. The predicted octanol–water partition coefficient (Wildman–Crippen LogP) is 7.03. The van der Waals surface area contributed by atoms with Gasteiger partial charge in [0.1, 0.15) is 6.61 Å². The Morgan fingerprint density at radius 3 is 2.55 bits per heavy atom. The van der Waals surface area contributed by atoms with E-state index in [2.05, 4.69) is 18.0 Å². The average Bonchev–Trinajstić information content (AvgIpc) is 2.75. The number of hydrogen-bond acceptors (Lipinski definition) is 3. The molecule has 1 fully saturated rings. The maximum atomic E-state index is 13.8. The van der Waals surface area contributed by atoms with E-state index in [1.165, 1.54) is 76.9 Å². The number of aryl methyl sites for hydroxylation is 1. The van der Waals surface area contributed by atoms with Crippen LogP contribution in [0.1, 0.15) is 83.1 Å². The van der Waals surface area contributed by atoms with E-state index in [1.54, 1.807) is 6.07 Å². The maximum Gasteiger partial charge on any atom is 0.258 e. The molecule has 29 heavy (non-hydrogen) atoms. The van der Waals surface area contributed by atoms with Crippen molar-refractivity contribution >= 4 is 0 Å². The Hall–Kier alpha value is -1.58. The minimum atomic E-state index is -0.615. The Kier molecular flexibility index (Phi) is 8.38. The van der Waals surface area contributed by atoms with Crippen LogP contribution in [0.4, 0.5) is 4.39 Å². The molecule has 2 aliphatic rings. The van der Waals surface area contributed by atoms with Crippen LogP contribution in [-0.2, 0) is 0 Å². The molecular formula is C25H38FNO2. The summed E-state index contributed by atoms with van der Waals surface area (Å²) in [5.74, 6) is 2.66. The van der Waals surface area contributed by atoms with E-state index in [0.29, 0.717) is 12.5 Å². The summed E-state index contributed by atoms with van der Waals surface area (Å²) in [5.41, 5.74) is 2.13. The summed E-state index contributed by atoms with van der Waals surface area (Å²) in [6.45, 7) is 4.67. The van der Waals surface area contributed by atoms with Crippen LogP contribution < -0.4 is 9.47 Å². The van der Waals surface area contributed by atoms with E-state index in [9.17, 15) is 4.39 Å². The number of pyridine rings is 1. The van der Waals surface area contributed by atoms with Gasteiger partial charge in [0.2, 0.25) is 5.88 Å². The summed E-state index contributed by atoms with van der Waals surface area (Å²) >= 11 is 0. The highest BCUT2D eigenvalue weighted by molar-refractivity contribution is 5.33. The molecule has 4 heteroatoms. The smallest absolute Gasteiger partial charge is 0.258 e. The van der Waals surface area contributed by atoms with Gasteiger partial charge in [-0.2, -0.15) is 9.37 Å². The SMILES string of the molecule is CCCCCC1CCC(C2CC=C(COc3nc(F)c(OC)cc3C)CC2)CC1. The van der Waals surface area contributed by atoms with E-state index in [1.807, 2.05) is 6.92 Å². The molecule has 1 aromatic heterocycles. The molecule has 0 spiro atoms. The van der Waals surface area contributed by atoms with Gasteiger partial charge in [-0.25, -0.2) is 0 Å². The topological polar surface area (TPSA) is 31.4 Å². The van der Waals surface area contributed by atoms with Gasteiger partial charge in [-0.3, -0.25) is 0 Å². The molecule has 1 atom stereocenters. The molecule has 0 saturated heterocycles. The first-order chi connectivity index (χ1) is 14.1. The summed E-state index contributed by atoms with van der Waals surface area (Å²) < 4.78 is 24.6. The molecule has 2 aliphatic carbocycles. The highest BCUT2D eigenvalue weighted by Gasteiger charge is 2.28. The number of hydrogen-bond donors (Lipinski definition) is 0. The molecule has 0 aliphatic heterocycles. The van der Waals surface area contributed by atoms with Crippen molar-refractivity contribution in [3.63, 3.8) is 0 Å². The van der Waals surface area contributed by atoms with Gasteiger partial charge < -0.3 is 9.47 Å². The van der Waals surface area contributed by atoms with Crippen LogP contribution in [0.3, 0.4) is 0 Å². The van der Waals surface area contributed by atoms with Crippen LogP contribution in [-0.4, -0.2) is 18.7 Å². The summed E-state index contributed by atoms with van der Waals surface area (Å²) in [5, 5.41) is 0. The third kappa shape index (κ3) is 6.20. The third-order valence-electron chi connectivity index (χ3n) is 7.02. The fourth-order valence-corrected chi connectivity index (χ4v) is 5.10. The zero-order valence-electron chi connectivity index (χ0n) is 18.5. The molecule has 1 saturated carbocycles. The van der Waals surface area contributed by atoms with Crippen molar-refractivity contribution in [3.8, 4) is 11.6 Å². The molecule has 0 amide bonds. The summed E-state index contributed by atoms with van der Waals surface area (Å²) in [4.78, 5) is 3.91. The van der Waals surface area contributed by atoms with Crippen molar-refractivity contribution in [1.82, 2.24) is 4.98 Å². The molecular weight excluding hydrogens is 365 g/mol. The monoisotopic (exact) mass is 403 g/mol. The van der Waals surface area contributed by atoms with Gasteiger partial charge in [0.25, 0.3) is 5.95 Å². The number of ether oxygens (including phenoxy) is 2. The third-order valence-corrected chi connectivity index (χ3v) is 7.02. The Morgan fingerprint density at radius 1 is 1.10 bits per heavy atom. The molecule has 1 unspecified atom stereocenters. The fraction of sp³-hybridized carbons (Fsp3) is 0.720. The molecule has 0 bridgehead atoms. The lowest BCUT2D eigenvalue weighted by Crippen LogP contribution is -2.24. The maximum absolute atomic E-state index is 13.8. The number of methoxy groups -OCH3 is 1. The van der Waals surface area contributed by atoms with Crippen molar-refractivity contribution in [2.75, 3.05) is 13.7 Å². The molecule has 0 aromatic carbocycles. The van der Waals surface area contributed by atoms with Gasteiger partial charge in [-0.15, -0.1) is 0 Å². The van der Waals surface area contributed by atoms with Crippen LogP contribution >= 0.6 is 0 Å². The normalized spacial score (nSPS) is 24.8. The van der Waals surface area contributed by atoms with Crippen molar-refractivity contribution in [2.45, 2.75) is 84.5 Å². The summed E-state index contributed by atoms with van der Waals surface area (Å²) in [6.07, 6.45) is 17.3. The fourth-order valence-electron chi connectivity index (χ4n) is 5.10. The second-order valence-electron chi connectivity index (χ2n) is 9.07. The molecule has 162 valence electrons. The van der Waals surface area contributed by atoms with Gasteiger partial charge in [0, 0.05) is 5.56 Å². The number of nitrogens with zero attached hydrogens (tertiary/aromatic N) is 1. The van der Waals surface area contributed by atoms with E-state index < -0.39 is 5.95 Å². The molecule has 1 heterocycles. The second-order valence-corrected chi connectivity index (χ2v) is 9.07. The standard InChI is InChI=1S/C25H38FNO2/c1-4-5-6-7-19-8-12-21(13-9-19)22-14-10-20(11-15-22)17-29-25-18(2)16-23(28-3)24(26)27-25/h10,16,19,21-22H,4-9,11-15,17H2,1-3H3. The number of aromatic nitrogens is 1. The van der Waals surface area contributed by atoms with Gasteiger partial charge >= 0.3 is 0 Å². The van der Waals surface area contributed by atoms with Crippen LogP contribution in [0.5, 0.6) is 11.6 Å². The predicted molar refractivity (Wildman–Crippen MR) is 116 cm³/mol. The molecule has 0 radical (unpaired) electrons. The largest absolute Gasteiger partial charge is 0.492 e. The molecule has 3 nitrogen and oxygen atoms in total.